The summed E-state index contributed by atoms with van der Waals surface area (Å²) in [5.74, 6) is -1.78. The number of benzene rings is 2. The molecule has 0 saturated heterocycles. The molecule has 0 spiro atoms. The minimum Gasteiger partial charge on any atom is -0.478 e. The largest absolute Gasteiger partial charge is 0.478 e. The fourth-order valence-electron chi connectivity index (χ4n) is 3.36. The van der Waals surface area contributed by atoms with Crippen molar-refractivity contribution in [2.24, 2.45) is 5.41 Å². The molecule has 0 aliphatic heterocycles. The molecule has 0 fully saturated rings. The van der Waals surface area contributed by atoms with Gasteiger partial charge in [-0.05, 0) is 23.5 Å². The van der Waals surface area contributed by atoms with E-state index in [4.69, 9.17) is 0 Å². The Hall–Kier alpha value is -2.75. The number of carboxylic acids is 1. The first-order valence-corrected chi connectivity index (χ1v) is 7.82. The normalized spacial score (nSPS) is 15.7. The predicted molar refractivity (Wildman–Crippen MR) is 89.7 cm³/mol. The van der Waals surface area contributed by atoms with Crippen LogP contribution in [0.4, 0.5) is 0 Å². The van der Waals surface area contributed by atoms with Crippen molar-refractivity contribution in [3.05, 3.63) is 70.3 Å². The SMILES string of the molecule is CC1(C)CC(=O)c2c(ccc(C(=O)O)c2C(=O)c2ccccc2)C1. The van der Waals surface area contributed by atoms with Crippen molar-refractivity contribution in [3.8, 4) is 0 Å². The van der Waals surface area contributed by atoms with Crippen LogP contribution in [0.3, 0.4) is 0 Å². The molecule has 0 radical (unpaired) electrons. The van der Waals surface area contributed by atoms with Gasteiger partial charge < -0.3 is 5.11 Å². The second kappa shape index (κ2) is 5.71. The van der Waals surface area contributed by atoms with E-state index in [0.717, 1.165) is 5.56 Å². The number of carbonyl (C=O) groups excluding carboxylic acids is 2. The molecule has 3 rings (SSSR count). The van der Waals surface area contributed by atoms with Gasteiger partial charge in [-0.2, -0.15) is 0 Å². The fraction of sp³-hybridized carbons (Fsp3) is 0.250. The zero-order valence-corrected chi connectivity index (χ0v) is 13.6. The second-order valence-electron chi connectivity index (χ2n) is 6.96. The van der Waals surface area contributed by atoms with Gasteiger partial charge in [0, 0.05) is 23.1 Å². The Bertz CT molecular complexity index is 847. The highest BCUT2D eigenvalue weighted by Crippen LogP contribution is 2.37. The van der Waals surface area contributed by atoms with Crippen LogP contribution in [0.2, 0.25) is 0 Å². The molecule has 0 amide bonds. The van der Waals surface area contributed by atoms with Crippen molar-refractivity contribution >= 4 is 17.5 Å². The van der Waals surface area contributed by atoms with Crippen LogP contribution < -0.4 is 0 Å². The van der Waals surface area contributed by atoms with Gasteiger partial charge in [-0.1, -0.05) is 50.2 Å². The van der Waals surface area contributed by atoms with Crippen LogP contribution in [0, 0.1) is 5.41 Å². The van der Waals surface area contributed by atoms with E-state index < -0.39 is 11.8 Å². The highest BCUT2D eigenvalue weighted by atomic mass is 16.4. The van der Waals surface area contributed by atoms with Crippen molar-refractivity contribution in [2.45, 2.75) is 26.7 Å². The summed E-state index contributed by atoms with van der Waals surface area (Å²) < 4.78 is 0. The number of carbonyl (C=O) groups is 3. The maximum absolute atomic E-state index is 12.9. The van der Waals surface area contributed by atoms with Gasteiger partial charge >= 0.3 is 5.97 Å². The summed E-state index contributed by atoms with van der Waals surface area (Å²) in [6.07, 6.45) is 0.946. The van der Waals surface area contributed by atoms with E-state index in [0.29, 0.717) is 18.4 Å². The van der Waals surface area contributed by atoms with Gasteiger partial charge in [0.15, 0.2) is 11.6 Å². The van der Waals surface area contributed by atoms with Gasteiger partial charge in [-0.25, -0.2) is 4.79 Å². The van der Waals surface area contributed by atoms with E-state index in [1.165, 1.54) is 6.07 Å². The molecule has 1 aliphatic rings. The Morgan fingerprint density at radius 2 is 1.67 bits per heavy atom. The van der Waals surface area contributed by atoms with Crippen LogP contribution in [0.15, 0.2) is 42.5 Å². The van der Waals surface area contributed by atoms with Crippen molar-refractivity contribution in [1.82, 2.24) is 0 Å². The number of hydrogen-bond donors (Lipinski definition) is 1. The molecule has 0 saturated carbocycles. The fourth-order valence-corrected chi connectivity index (χ4v) is 3.36. The number of aromatic carboxylic acids is 1. The lowest BCUT2D eigenvalue weighted by Gasteiger charge is -2.31. The Morgan fingerprint density at radius 1 is 1.00 bits per heavy atom. The quantitative estimate of drug-likeness (QED) is 0.873. The van der Waals surface area contributed by atoms with Crippen molar-refractivity contribution in [2.75, 3.05) is 0 Å². The molecule has 4 nitrogen and oxygen atoms in total. The number of Topliss-reactive ketones (excluding diaryl/α,β-unsaturated/α-hetero) is 1. The molecule has 24 heavy (non-hydrogen) atoms. The van der Waals surface area contributed by atoms with Gasteiger partial charge in [-0.3, -0.25) is 9.59 Å². The Labute approximate surface area is 140 Å². The van der Waals surface area contributed by atoms with E-state index >= 15 is 0 Å². The summed E-state index contributed by atoms with van der Waals surface area (Å²) >= 11 is 0. The minimum absolute atomic E-state index is 0.0201. The number of hydrogen-bond acceptors (Lipinski definition) is 3. The molecule has 4 heteroatoms. The Balaban J connectivity index is 2.26. The molecule has 0 unspecified atom stereocenters. The lowest BCUT2D eigenvalue weighted by atomic mass is 9.71. The number of ketones is 2. The van der Waals surface area contributed by atoms with Crippen LogP contribution in [0.25, 0.3) is 0 Å². The molecule has 2 aromatic rings. The van der Waals surface area contributed by atoms with E-state index in [2.05, 4.69) is 0 Å². The van der Waals surface area contributed by atoms with E-state index in [1.54, 1.807) is 36.4 Å². The maximum atomic E-state index is 12.9. The summed E-state index contributed by atoms with van der Waals surface area (Å²) in [5, 5.41) is 9.49. The summed E-state index contributed by atoms with van der Waals surface area (Å²) in [6, 6.07) is 11.6. The average Bonchev–Trinajstić information content (AvgIpc) is 2.52. The minimum atomic E-state index is -1.20. The van der Waals surface area contributed by atoms with Gasteiger partial charge in [0.1, 0.15) is 0 Å². The standard InChI is InChI=1S/C20H18O4/c1-20(2)10-13-8-9-14(19(23)24)17(16(13)15(21)11-20)18(22)12-6-4-3-5-7-12/h3-9H,10-11H2,1-2H3,(H,23,24). The third-order valence-corrected chi connectivity index (χ3v) is 4.37. The van der Waals surface area contributed by atoms with Crippen LogP contribution in [0.5, 0.6) is 0 Å². The highest BCUT2D eigenvalue weighted by Gasteiger charge is 2.36. The highest BCUT2D eigenvalue weighted by molar-refractivity contribution is 6.20. The lowest BCUT2D eigenvalue weighted by Crippen LogP contribution is -2.30. The molecular weight excluding hydrogens is 304 g/mol. The monoisotopic (exact) mass is 322 g/mol. The molecule has 1 N–H and O–H groups in total. The van der Waals surface area contributed by atoms with E-state index in [1.807, 2.05) is 13.8 Å². The number of fused-ring (bicyclic) bond motifs is 1. The Kier molecular flexibility index (Phi) is 3.84. The van der Waals surface area contributed by atoms with Crippen molar-refractivity contribution in [1.29, 1.82) is 0 Å². The summed E-state index contributed by atoms with van der Waals surface area (Å²) in [4.78, 5) is 37.2. The summed E-state index contributed by atoms with van der Waals surface area (Å²) in [6.45, 7) is 4.00. The Morgan fingerprint density at radius 3 is 2.29 bits per heavy atom. The molecule has 1 aliphatic carbocycles. The topological polar surface area (TPSA) is 71.4 Å². The summed E-state index contributed by atoms with van der Waals surface area (Å²) in [5.41, 5.74) is 1.12. The molecular formula is C20H18O4. The third kappa shape index (κ3) is 2.75. The second-order valence-corrected chi connectivity index (χ2v) is 6.96. The summed E-state index contributed by atoms with van der Waals surface area (Å²) in [7, 11) is 0. The molecule has 0 bridgehead atoms. The van der Waals surface area contributed by atoms with Crippen molar-refractivity contribution < 1.29 is 19.5 Å². The maximum Gasteiger partial charge on any atom is 0.336 e. The van der Waals surface area contributed by atoms with Gasteiger partial charge in [0.05, 0.1) is 5.56 Å². The smallest absolute Gasteiger partial charge is 0.336 e. The van der Waals surface area contributed by atoms with Crippen LogP contribution in [-0.4, -0.2) is 22.6 Å². The van der Waals surface area contributed by atoms with E-state index in [-0.39, 0.29) is 27.9 Å². The first-order valence-electron chi connectivity index (χ1n) is 7.82. The zero-order chi connectivity index (χ0) is 17.5. The molecule has 0 aromatic heterocycles. The molecule has 2 aromatic carbocycles. The number of carboxylic acid groups (broad SMARTS) is 1. The molecule has 0 atom stereocenters. The van der Waals surface area contributed by atoms with Gasteiger partial charge in [0.25, 0.3) is 0 Å². The third-order valence-electron chi connectivity index (χ3n) is 4.37. The van der Waals surface area contributed by atoms with Crippen molar-refractivity contribution in [3.63, 3.8) is 0 Å². The average molecular weight is 322 g/mol. The van der Waals surface area contributed by atoms with Crippen LogP contribution in [0.1, 0.15) is 62.5 Å². The first-order chi connectivity index (χ1) is 11.3. The lowest BCUT2D eigenvalue weighted by molar-refractivity contribution is 0.0692. The van der Waals surface area contributed by atoms with Crippen LogP contribution >= 0.6 is 0 Å². The number of rotatable bonds is 3. The van der Waals surface area contributed by atoms with Gasteiger partial charge in [-0.15, -0.1) is 0 Å². The zero-order valence-electron chi connectivity index (χ0n) is 13.6. The molecule has 0 heterocycles. The predicted octanol–water partition coefficient (Wildman–Crippen LogP) is 3.77. The van der Waals surface area contributed by atoms with E-state index in [9.17, 15) is 19.5 Å². The van der Waals surface area contributed by atoms with Crippen LogP contribution in [-0.2, 0) is 6.42 Å². The first kappa shape index (κ1) is 16.1. The molecule has 122 valence electrons. The van der Waals surface area contributed by atoms with Gasteiger partial charge in [0.2, 0.25) is 0 Å².